The summed E-state index contributed by atoms with van der Waals surface area (Å²) >= 11 is 0. The predicted molar refractivity (Wildman–Crippen MR) is 76.2 cm³/mol. The van der Waals surface area contributed by atoms with Crippen LogP contribution in [0.15, 0.2) is 42.5 Å². The Labute approximate surface area is 117 Å². The van der Waals surface area contributed by atoms with Gasteiger partial charge < -0.3 is 10.1 Å². The molecule has 0 radical (unpaired) electrons. The average Bonchev–Trinajstić information content (AvgIpc) is 2.44. The van der Waals surface area contributed by atoms with Crippen molar-refractivity contribution in [2.75, 3.05) is 12.4 Å². The van der Waals surface area contributed by atoms with E-state index < -0.39 is 0 Å². The maximum absolute atomic E-state index is 13.2. The van der Waals surface area contributed by atoms with E-state index in [1.165, 1.54) is 19.2 Å². The Balaban J connectivity index is 2.02. The highest BCUT2D eigenvalue weighted by atomic mass is 19.1. The smallest absolute Gasteiger partial charge is 0.337 e. The fourth-order valence-electron chi connectivity index (χ4n) is 1.92. The van der Waals surface area contributed by atoms with Crippen LogP contribution in [0.25, 0.3) is 0 Å². The first-order valence-corrected chi connectivity index (χ1v) is 6.27. The van der Waals surface area contributed by atoms with Gasteiger partial charge >= 0.3 is 5.97 Å². The molecule has 2 rings (SSSR count). The molecular formula is C16H16FNO2. The normalized spacial score (nSPS) is 10.2. The number of carbonyl (C=O) groups excluding carboxylic acids is 1. The van der Waals surface area contributed by atoms with E-state index in [1.54, 1.807) is 12.1 Å². The fraction of sp³-hybridized carbons (Fsp3) is 0.188. The van der Waals surface area contributed by atoms with Crippen LogP contribution in [0.3, 0.4) is 0 Å². The van der Waals surface area contributed by atoms with E-state index in [0.29, 0.717) is 12.1 Å². The van der Waals surface area contributed by atoms with Gasteiger partial charge in [0.25, 0.3) is 0 Å². The lowest BCUT2D eigenvalue weighted by Crippen LogP contribution is -2.03. The molecule has 0 aliphatic carbocycles. The average molecular weight is 273 g/mol. The minimum Gasteiger partial charge on any atom is -0.465 e. The molecular weight excluding hydrogens is 257 g/mol. The zero-order valence-corrected chi connectivity index (χ0v) is 11.4. The second-order valence-electron chi connectivity index (χ2n) is 4.56. The number of methoxy groups -OCH3 is 1. The van der Waals surface area contributed by atoms with Crippen molar-refractivity contribution in [2.24, 2.45) is 0 Å². The summed E-state index contributed by atoms with van der Waals surface area (Å²) in [5.41, 5.74) is 3.12. The second kappa shape index (κ2) is 6.19. The third kappa shape index (κ3) is 3.57. The molecule has 0 heterocycles. The number of carbonyl (C=O) groups is 1. The number of ether oxygens (including phenoxy) is 1. The summed E-state index contributed by atoms with van der Waals surface area (Å²) in [4.78, 5) is 11.3. The van der Waals surface area contributed by atoms with Crippen molar-refractivity contribution in [2.45, 2.75) is 13.5 Å². The van der Waals surface area contributed by atoms with Crippen LogP contribution < -0.4 is 5.32 Å². The number of benzene rings is 2. The van der Waals surface area contributed by atoms with Crippen LogP contribution in [-0.4, -0.2) is 13.1 Å². The van der Waals surface area contributed by atoms with Crippen LogP contribution in [0.5, 0.6) is 0 Å². The highest BCUT2D eigenvalue weighted by molar-refractivity contribution is 5.89. The number of hydrogen-bond donors (Lipinski definition) is 1. The van der Waals surface area contributed by atoms with Gasteiger partial charge in [-0.2, -0.15) is 0 Å². The van der Waals surface area contributed by atoms with Crippen molar-refractivity contribution < 1.29 is 13.9 Å². The van der Waals surface area contributed by atoms with Crippen molar-refractivity contribution in [1.29, 1.82) is 0 Å². The molecule has 104 valence electrons. The van der Waals surface area contributed by atoms with Crippen LogP contribution in [0.1, 0.15) is 21.5 Å². The van der Waals surface area contributed by atoms with Crippen molar-refractivity contribution in [3.05, 3.63) is 65.0 Å². The van der Waals surface area contributed by atoms with Gasteiger partial charge in [-0.3, -0.25) is 0 Å². The third-order valence-electron chi connectivity index (χ3n) is 2.91. The standard InChI is InChI=1S/C16H16FNO2/c1-11-7-14(17)9-15(8-11)18-10-12-3-5-13(6-4-12)16(19)20-2/h3-9,18H,10H2,1-2H3. The molecule has 0 amide bonds. The van der Waals surface area contributed by atoms with Crippen LogP contribution in [0.4, 0.5) is 10.1 Å². The Morgan fingerprint density at radius 2 is 1.90 bits per heavy atom. The molecule has 0 aliphatic heterocycles. The molecule has 1 N–H and O–H groups in total. The molecule has 0 saturated carbocycles. The zero-order valence-electron chi connectivity index (χ0n) is 11.4. The molecule has 4 heteroatoms. The van der Waals surface area contributed by atoms with E-state index in [1.807, 2.05) is 25.1 Å². The van der Waals surface area contributed by atoms with Crippen molar-refractivity contribution >= 4 is 11.7 Å². The Morgan fingerprint density at radius 3 is 2.50 bits per heavy atom. The lowest BCUT2D eigenvalue weighted by atomic mass is 10.1. The molecule has 2 aromatic rings. The van der Waals surface area contributed by atoms with Gasteiger partial charge in [-0.15, -0.1) is 0 Å². The van der Waals surface area contributed by atoms with E-state index in [-0.39, 0.29) is 11.8 Å². The number of anilines is 1. The summed E-state index contributed by atoms with van der Waals surface area (Å²) in [6.45, 7) is 2.41. The first kappa shape index (κ1) is 14.1. The molecule has 0 bridgehead atoms. The number of halogens is 1. The van der Waals surface area contributed by atoms with Crippen molar-refractivity contribution in [3.8, 4) is 0 Å². The lowest BCUT2D eigenvalue weighted by molar-refractivity contribution is 0.0600. The lowest BCUT2D eigenvalue weighted by Gasteiger charge is -2.08. The topological polar surface area (TPSA) is 38.3 Å². The predicted octanol–water partition coefficient (Wildman–Crippen LogP) is 3.53. The Hall–Kier alpha value is -2.36. The number of hydrogen-bond acceptors (Lipinski definition) is 3. The van der Waals surface area contributed by atoms with Gasteiger partial charge in [0.15, 0.2) is 0 Å². The van der Waals surface area contributed by atoms with Gasteiger partial charge in [-0.1, -0.05) is 12.1 Å². The van der Waals surface area contributed by atoms with Gasteiger partial charge in [0.1, 0.15) is 5.82 Å². The molecule has 2 aromatic carbocycles. The van der Waals surface area contributed by atoms with Gasteiger partial charge in [0.2, 0.25) is 0 Å². The van der Waals surface area contributed by atoms with Gasteiger partial charge in [0, 0.05) is 12.2 Å². The van der Waals surface area contributed by atoms with E-state index in [2.05, 4.69) is 10.1 Å². The fourth-order valence-corrected chi connectivity index (χ4v) is 1.92. The van der Waals surface area contributed by atoms with Gasteiger partial charge in [-0.25, -0.2) is 9.18 Å². The van der Waals surface area contributed by atoms with E-state index in [0.717, 1.165) is 16.8 Å². The molecule has 0 saturated heterocycles. The first-order valence-electron chi connectivity index (χ1n) is 6.27. The first-order chi connectivity index (χ1) is 9.58. The highest BCUT2D eigenvalue weighted by Gasteiger charge is 2.04. The zero-order chi connectivity index (χ0) is 14.5. The molecule has 0 aromatic heterocycles. The molecule has 20 heavy (non-hydrogen) atoms. The quantitative estimate of drug-likeness (QED) is 0.866. The van der Waals surface area contributed by atoms with Crippen molar-refractivity contribution in [3.63, 3.8) is 0 Å². The van der Waals surface area contributed by atoms with Crippen LogP contribution in [-0.2, 0) is 11.3 Å². The molecule has 0 unspecified atom stereocenters. The maximum atomic E-state index is 13.2. The number of nitrogens with one attached hydrogen (secondary N) is 1. The third-order valence-corrected chi connectivity index (χ3v) is 2.91. The minimum atomic E-state index is -0.356. The largest absolute Gasteiger partial charge is 0.465 e. The molecule has 0 fully saturated rings. The summed E-state index contributed by atoms with van der Waals surface area (Å²) in [6, 6.07) is 11.9. The summed E-state index contributed by atoms with van der Waals surface area (Å²) < 4.78 is 17.9. The Morgan fingerprint density at radius 1 is 1.20 bits per heavy atom. The SMILES string of the molecule is COC(=O)c1ccc(CNc2cc(C)cc(F)c2)cc1. The molecule has 3 nitrogen and oxygen atoms in total. The Bertz CT molecular complexity index is 588. The number of aryl methyl sites for hydroxylation is 1. The second-order valence-corrected chi connectivity index (χ2v) is 4.56. The van der Waals surface area contributed by atoms with E-state index >= 15 is 0 Å². The number of rotatable bonds is 4. The Kier molecular flexibility index (Phi) is 4.35. The van der Waals surface area contributed by atoms with E-state index in [9.17, 15) is 9.18 Å². The molecule has 0 atom stereocenters. The van der Waals surface area contributed by atoms with Crippen LogP contribution in [0, 0.1) is 12.7 Å². The van der Waals surface area contributed by atoms with Gasteiger partial charge in [0.05, 0.1) is 12.7 Å². The maximum Gasteiger partial charge on any atom is 0.337 e. The van der Waals surface area contributed by atoms with Crippen LogP contribution in [0.2, 0.25) is 0 Å². The summed E-state index contributed by atoms with van der Waals surface area (Å²) in [6.07, 6.45) is 0. The van der Waals surface area contributed by atoms with Gasteiger partial charge in [-0.05, 0) is 48.4 Å². The monoisotopic (exact) mass is 273 g/mol. The van der Waals surface area contributed by atoms with Crippen LogP contribution >= 0.6 is 0 Å². The summed E-state index contributed by atoms with van der Waals surface area (Å²) in [7, 11) is 1.35. The molecule has 0 spiro atoms. The summed E-state index contributed by atoms with van der Waals surface area (Å²) in [5, 5.41) is 3.15. The molecule has 0 aliphatic rings. The minimum absolute atomic E-state index is 0.256. The highest BCUT2D eigenvalue weighted by Crippen LogP contribution is 2.15. The summed E-state index contributed by atoms with van der Waals surface area (Å²) in [5.74, 6) is -0.612. The van der Waals surface area contributed by atoms with Crippen molar-refractivity contribution in [1.82, 2.24) is 0 Å². The van der Waals surface area contributed by atoms with E-state index in [4.69, 9.17) is 0 Å². The number of esters is 1.